The lowest BCUT2D eigenvalue weighted by molar-refractivity contribution is -0.116. The number of rotatable bonds is 6. The van der Waals surface area contributed by atoms with Crippen molar-refractivity contribution >= 4 is 5.78 Å². The van der Waals surface area contributed by atoms with Gasteiger partial charge >= 0.3 is 0 Å². The molecule has 3 heteroatoms. The highest BCUT2D eigenvalue weighted by Crippen LogP contribution is 2.33. The molecular weight excluding hydrogens is 222 g/mol. The van der Waals surface area contributed by atoms with Crippen molar-refractivity contribution in [1.82, 2.24) is 0 Å². The van der Waals surface area contributed by atoms with Crippen molar-refractivity contribution in [3.05, 3.63) is 35.4 Å². The Morgan fingerprint density at radius 1 is 1.35 bits per heavy atom. The lowest BCUT2D eigenvalue weighted by Crippen LogP contribution is -2.13. The molecule has 0 amide bonds. The van der Waals surface area contributed by atoms with Crippen molar-refractivity contribution in [3.63, 3.8) is 0 Å². The van der Waals surface area contributed by atoms with Gasteiger partial charge in [-0.1, -0.05) is 31.5 Å². The molecule has 0 saturated heterocycles. The highest BCUT2D eigenvalue weighted by molar-refractivity contribution is 5.75. The molecule has 0 fully saturated rings. The van der Waals surface area contributed by atoms with E-state index in [4.69, 9.17) is 0 Å². The smallest absolute Gasteiger partial charge is 0.273 e. The number of hydrogen-bond donors (Lipinski definition) is 0. The second-order valence-electron chi connectivity index (χ2n) is 4.36. The van der Waals surface area contributed by atoms with E-state index in [1.165, 1.54) is 19.1 Å². The third-order valence-corrected chi connectivity index (χ3v) is 2.68. The molecule has 0 N–H and O–H groups in total. The first-order valence-corrected chi connectivity index (χ1v) is 5.92. The molecule has 0 atom stereocenters. The van der Waals surface area contributed by atoms with Crippen LogP contribution in [0.2, 0.25) is 0 Å². The number of carbonyl (C=O) groups excluding carboxylic acids is 1. The first kappa shape index (κ1) is 13.8. The number of Topliss-reactive ketones (excluding diaryl/α,β-unsaturated/α-hetero) is 1. The fourth-order valence-electron chi connectivity index (χ4n) is 1.73. The van der Waals surface area contributed by atoms with Crippen molar-refractivity contribution in [3.8, 4) is 0 Å². The van der Waals surface area contributed by atoms with Crippen LogP contribution in [0.25, 0.3) is 0 Å². The van der Waals surface area contributed by atoms with Crippen LogP contribution in [-0.2, 0) is 17.1 Å². The lowest BCUT2D eigenvalue weighted by Gasteiger charge is -2.16. The summed E-state index contributed by atoms with van der Waals surface area (Å²) in [6.45, 7) is 3.25. The number of alkyl halides is 2. The van der Waals surface area contributed by atoms with Crippen LogP contribution < -0.4 is 0 Å². The van der Waals surface area contributed by atoms with Gasteiger partial charge in [-0.15, -0.1) is 0 Å². The van der Waals surface area contributed by atoms with Crippen LogP contribution in [0.1, 0.15) is 44.2 Å². The SMILES string of the molecule is CCCC(F)(F)c1cccc(CCC(C)=O)c1. The maximum Gasteiger partial charge on any atom is 0.273 e. The van der Waals surface area contributed by atoms with E-state index in [9.17, 15) is 13.6 Å². The van der Waals surface area contributed by atoms with E-state index in [0.29, 0.717) is 19.3 Å². The van der Waals surface area contributed by atoms with Crippen LogP contribution in [0.15, 0.2) is 24.3 Å². The average Bonchev–Trinajstić information content (AvgIpc) is 2.27. The minimum atomic E-state index is -2.76. The van der Waals surface area contributed by atoms with Crippen LogP contribution in [0.3, 0.4) is 0 Å². The molecule has 94 valence electrons. The van der Waals surface area contributed by atoms with Crippen molar-refractivity contribution in [1.29, 1.82) is 0 Å². The predicted molar refractivity (Wildman–Crippen MR) is 64.2 cm³/mol. The predicted octanol–water partition coefficient (Wildman–Crippen LogP) is 4.10. The van der Waals surface area contributed by atoms with Gasteiger partial charge in [0.2, 0.25) is 0 Å². The molecule has 17 heavy (non-hydrogen) atoms. The largest absolute Gasteiger partial charge is 0.300 e. The molecule has 1 aromatic rings. The Morgan fingerprint density at radius 2 is 2.06 bits per heavy atom. The molecule has 0 unspecified atom stereocenters. The summed E-state index contributed by atoms with van der Waals surface area (Å²) in [5, 5.41) is 0. The quantitative estimate of drug-likeness (QED) is 0.731. The van der Waals surface area contributed by atoms with E-state index in [-0.39, 0.29) is 17.8 Å². The normalized spacial score (nSPS) is 11.5. The fourth-order valence-corrected chi connectivity index (χ4v) is 1.73. The molecule has 0 saturated carbocycles. The summed E-state index contributed by atoms with van der Waals surface area (Å²) in [6, 6.07) is 6.38. The van der Waals surface area contributed by atoms with Crippen molar-refractivity contribution < 1.29 is 13.6 Å². The Hall–Kier alpha value is -1.25. The zero-order valence-electron chi connectivity index (χ0n) is 10.3. The molecule has 1 aromatic carbocycles. The average molecular weight is 240 g/mol. The van der Waals surface area contributed by atoms with E-state index in [1.54, 1.807) is 19.1 Å². The van der Waals surface area contributed by atoms with Crippen molar-refractivity contribution in [2.45, 2.75) is 45.5 Å². The molecule has 0 aromatic heterocycles. The molecule has 0 spiro atoms. The molecule has 0 radical (unpaired) electrons. The van der Waals surface area contributed by atoms with E-state index >= 15 is 0 Å². The number of carbonyl (C=O) groups is 1. The second-order valence-corrected chi connectivity index (χ2v) is 4.36. The summed E-state index contributed by atoms with van der Waals surface area (Å²) in [6.07, 6.45) is 1.25. The number of ketones is 1. The minimum absolute atomic E-state index is 0.0559. The van der Waals surface area contributed by atoms with E-state index in [2.05, 4.69) is 0 Å². The highest BCUT2D eigenvalue weighted by atomic mass is 19.3. The van der Waals surface area contributed by atoms with Gasteiger partial charge in [-0.25, -0.2) is 8.78 Å². The van der Waals surface area contributed by atoms with Crippen LogP contribution in [-0.4, -0.2) is 5.78 Å². The zero-order chi connectivity index (χ0) is 12.9. The van der Waals surface area contributed by atoms with E-state index < -0.39 is 5.92 Å². The Morgan fingerprint density at radius 3 is 2.65 bits per heavy atom. The summed E-state index contributed by atoms with van der Waals surface area (Å²) in [5.41, 5.74) is 0.855. The minimum Gasteiger partial charge on any atom is -0.300 e. The Labute approximate surface area is 101 Å². The van der Waals surface area contributed by atoms with Gasteiger partial charge in [0.25, 0.3) is 5.92 Å². The van der Waals surface area contributed by atoms with Gasteiger partial charge in [-0.05, 0) is 25.0 Å². The van der Waals surface area contributed by atoms with Crippen LogP contribution in [0, 0.1) is 0 Å². The van der Waals surface area contributed by atoms with Crippen molar-refractivity contribution in [2.24, 2.45) is 0 Å². The summed E-state index contributed by atoms with van der Waals surface area (Å²) >= 11 is 0. The maximum atomic E-state index is 13.7. The van der Waals surface area contributed by atoms with Gasteiger partial charge in [-0.2, -0.15) is 0 Å². The Bertz CT molecular complexity index is 386. The van der Waals surface area contributed by atoms with Gasteiger partial charge in [-0.3, -0.25) is 0 Å². The lowest BCUT2D eigenvalue weighted by atomic mass is 9.99. The number of hydrogen-bond acceptors (Lipinski definition) is 1. The molecule has 0 bridgehead atoms. The molecular formula is C14H18F2O. The second kappa shape index (κ2) is 5.89. The summed E-state index contributed by atoms with van der Waals surface area (Å²) in [4.78, 5) is 10.9. The molecule has 0 aliphatic carbocycles. The summed E-state index contributed by atoms with van der Waals surface area (Å²) < 4.78 is 27.3. The van der Waals surface area contributed by atoms with Gasteiger partial charge in [0.15, 0.2) is 0 Å². The van der Waals surface area contributed by atoms with E-state index in [1.807, 2.05) is 0 Å². The first-order valence-electron chi connectivity index (χ1n) is 5.92. The van der Waals surface area contributed by atoms with Gasteiger partial charge in [0.05, 0.1) is 0 Å². The van der Waals surface area contributed by atoms with Crippen LogP contribution >= 0.6 is 0 Å². The van der Waals surface area contributed by atoms with Crippen LogP contribution in [0.4, 0.5) is 8.78 Å². The molecule has 0 heterocycles. The molecule has 1 rings (SSSR count). The monoisotopic (exact) mass is 240 g/mol. The highest BCUT2D eigenvalue weighted by Gasteiger charge is 2.30. The summed E-state index contributed by atoms with van der Waals surface area (Å²) in [7, 11) is 0. The standard InChI is InChI=1S/C14H18F2O/c1-3-9-14(15,16)13-6-4-5-12(10-13)8-7-11(2)17/h4-6,10H,3,7-9H2,1-2H3. The molecule has 0 aliphatic heterocycles. The zero-order valence-corrected chi connectivity index (χ0v) is 10.3. The van der Waals surface area contributed by atoms with Crippen molar-refractivity contribution in [2.75, 3.05) is 0 Å². The third-order valence-electron chi connectivity index (χ3n) is 2.68. The number of benzene rings is 1. The number of halogens is 2. The number of aryl methyl sites for hydroxylation is 1. The third kappa shape index (κ3) is 4.25. The summed E-state index contributed by atoms with van der Waals surface area (Å²) in [5.74, 6) is -2.68. The van der Waals surface area contributed by atoms with Gasteiger partial charge in [0.1, 0.15) is 5.78 Å². The van der Waals surface area contributed by atoms with E-state index in [0.717, 1.165) is 5.56 Å². The topological polar surface area (TPSA) is 17.1 Å². The molecule has 0 aliphatic rings. The van der Waals surface area contributed by atoms with Crippen LogP contribution in [0.5, 0.6) is 0 Å². The Kier molecular flexibility index (Phi) is 4.79. The first-order chi connectivity index (χ1) is 7.95. The maximum absolute atomic E-state index is 13.7. The van der Waals surface area contributed by atoms with Gasteiger partial charge < -0.3 is 4.79 Å². The molecule has 1 nitrogen and oxygen atoms in total. The van der Waals surface area contributed by atoms with Gasteiger partial charge in [0, 0.05) is 18.4 Å². The fraction of sp³-hybridized carbons (Fsp3) is 0.500. The Balaban J connectivity index is 2.81.